The summed E-state index contributed by atoms with van der Waals surface area (Å²) in [6.45, 7) is 4.29. The first kappa shape index (κ1) is 22.0. The number of aromatic nitrogens is 2. The van der Waals surface area contributed by atoms with Crippen molar-refractivity contribution in [2.75, 3.05) is 7.05 Å². The Morgan fingerprint density at radius 3 is 2.53 bits per heavy atom. The second-order valence-electron chi connectivity index (χ2n) is 9.19. The molecular weight excluding hydrogens is 406 g/mol. The van der Waals surface area contributed by atoms with Gasteiger partial charge in [0.25, 0.3) is 11.8 Å². The Morgan fingerprint density at radius 2 is 1.84 bits per heavy atom. The van der Waals surface area contributed by atoms with Crippen molar-refractivity contribution in [3.05, 3.63) is 52.8 Å². The number of aryl methyl sites for hydroxylation is 1. The molecule has 8 heteroatoms. The Hall–Kier alpha value is -3.16. The molecule has 1 aliphatic heterocycles. The molecule has 8 nitrogen and oxygen atoms in total. The molecule has 0 radical (unpaired) electrons. The SMILES string of the molecule is Cc1ccc(CNC(=O)[C@]2(C)Cn3nc(C(=O)NC4CCCCC4)cc3C(=O)N2C)cc1. The number of nitrogens with one attached hydrogen (secondary N) is 2. The lowest BCUT2D eigenvalue weighted by atomic mass is 9.95. The van der Waals surface area contributed by atoms with Crippen LogP contribution in [0.1, 0.15) is 71.1 Å². The van der Waals surface area contributed by atoms with E-state index in [4.69, 9.17) is 0 Å². The predicted octanol–water partition coefficient (Wildman–Crippen LogP) is 2.41. The second-order valence-corrected chi connectivity index (χ2v) is 9.19. The highest BCUT2D eigenvalue weighted by Gasteiger charge is 2.46. The third-order valence-corrected chi connectivity index (χ3v) is 6.74. The van der Waals surface area contributed by atoms with Crippen LogP contribution in [0.25, 0.3) is 0 Å². The molecule has 2 heterocycles. The maximum atomic E-state index is 13.1. The van der Waals surface area contributed by atoms with Gasteiger partial charge in [-0.25, -0.2) is 0 Å². The van der Waals surface area contributed by atoms with Crippen LogP contribution in [0.15, 0.2) is 30.3 Å². The molecule has 1 atom stereocenters. The molecule has 0 bridgehead atoms. The summed E-state index contributed by atoms with van der Waals surface area (Å²) in [4.78, 5) is 40.3. The monoisotopic (exact) mass is 437 g/mol. The van der Waals surface area contributed by atoms with Gasteiger partial charge < -0.3 is 15.5 Å². The zero-order chi connectivity index (χ0) is 22.9. The topological polar surface area (TPSA) is 96.3 Å². The summed E-state index contributed by atoms with van der Waals surface area (Å²) in [5.74, 6) is -0.850. The standard InChI is InChI=1S/C24H31N5O3/c1-16-9-11-17(12-10-16)14-25-23(32)24(2)15-29-20(22(31)28(24)3)13-19(27-29)21(30)26-18-7-5-4-6-8-18/h9-13,18H,4-8,14-15H2,1-3H3,(H,25,32)(H,26,30)/t24-/m0/s1. The molecule has 0 saturated heterocycles. The van der Waals surface area contributed by atoms with Gasteiger partial charge in [0.05, 0.1) is 6.54 Å². The number of carbonyl (C=O) groups excluding carboxylic acids is 3. The van der Waals surface area contributed by atoms with E-state index in [1.54, 1.807) is 14.0 Å². The number of hydrogen-bond acceptors (Lipinski definition) is 4. The van der Waals surface area contributed by atoms with E-state index in [2.05, 4.69) is 15.7 Å². The van der Waals surface area contributed by atoms with E-state index in [-0.39, 0.29) is 36.0 Å². The van der Waals surface area contributed by atoms with Crippen LogP contribution in [0.4, 0.5) is 0 Å². The zero-order valence-electron chi connectivity index (χ0n) is 19.0. The normalized spacial score (nSPS) is 21.2. The first-order valence-electron chi connectivity index (χ1n) is 11.3. The van der Waals surface area contributed by atoms with E-state index in [1.165, 1.54) is 22.1 Å². The summed E-state index contributed by atoms with van der Waals surface area (Å²) in [5.41, 5.74) is 1.57. The van der Waals surface area contributed by atoms with Crippen LogP contribution in [0.2, 0.25) is 0 Å². The molecule has 2 N–H and O–H groups in total. The average Bonchev–Trinajstić information content (AvgIpc) is 3.21. The lowest BCUT2D eigenvalue weighted by molar-refractivity contribution is -0.132. The predicted molar refractivity (Wildman–Crippen MR) is 120 cm³/mol. The van der Waals surface area contributed by atoms with E-state index in [0.29, 0.717) is 12.2 Å². The Bertz CT molecular complexity index is 1020. The van der Waals surface area contributed by atoms with Crippen molar-refractivity contribution < 1.29 is 14.4 Å². The number of likely N-dealkylation sites (N-methyl/N-ethyl adjacent to an activating group) is 1. The fourth-order valence-corrected chi connectivity index (χ4v) is 4.42. The Kier molecular flexibility index (Phi) is 6.04. The van der Waals surface area contributed by atoms with Crippen molar-refractivity contribution >= 4 is 17.7 Å². The smallest absolute Gasteiger partial charge is 0.272 e. The Balaban J connectivity index is 1.47. The van der Waals surface area contributed by atoms with Crippen LogP contribution >= 0.6 is 0 Å². The van der Waals surface area contributed by atoms with Crippen LogP contribution in [-0.2, 0) is 17.9 Å². The van der Waals surface area contributed by atoms with Crippen molar-refractivity contribution in [3.63, 3.8) is 0 Å². The van der Waals surface area contributed by atoms with E-state index >= 15 is 0 Å². The highest BCUT2D eigenvalue weighted by Crippen LogP contribution is 2.26. The quantitative estimate of drug-likeness (QED) is 0.751. The van der Waals surface area contributed by atoms with Gasteiger partial charge in [-0.2, -0.15) is 5.10 Å². The molecule has 1 fully saturated rings. The summed E-state index contributed by atoms with van der Waals surface area (Å²) < 4.78 is 1.49. The van der Waals surface area contributed by atoms with E-state index < -0.39 is 5.54 Å². The maximum Gasteiger partial charge on any atom is 0.272 e. The lowest BCUT2D eigenvalue weighted by Crippen LogP contribution is -2.62. The molecule has 1 saturated carbocycles. The number of amides is 3. The molecule has 1 aromatic carbocycles. The van der Waals surface area contributed by atoms with Crippen LogP contribution in [0.3, 0.4) is 0 Å². The summed E-state index contributed by atoms with van der Waals surface area (Å²) in [7, 11) is 1.62. The third kappa shape index (κ3) is 4.26. The minimum atomic E-state index is -1.11. The van der Waals surface area contributed by atoms with Crippen molar-refractivity contribution in [1.29, 1.82) is 0 Å². The van der Waals surface area contributed by atoms with Crippen molar-refractivity contribution in [3.8, 4) is 0 Å². The Labute approximate surface area is 188 Å². The summed E-state index contributed by atoms with van der Waals surface area (Å²) in [6.07, 6.45) is 5.38. The number of rotatable bonds is 5. The van der Waals surface area contributed by atoms with Crippen LogP contribution in [-0.4, -0.2) is 51.0 Å². The fourth-order valence-electron chi connectivity index (χ4n) is 4.42. The van der Waals surface area contributed by atoms with Gasteiger partial charge >= 0.3 is 0 Å². The van der Waals surface area contributed by atoms with Gasteiger partial charge in [-0.05, 0) is 32.3 Å². The molecular formula is C24H31N5O3. The molecule has 32 heavy (non-hydrogen) atoms. The summed E-state index contributed by atoms with van der Waals surface area (Å²) in [5, 5.41) is 10.4. The van der Waals surface area contributed by atoms with Gasteiger partial charge in [0.1, 0.15) is 11.2 Å². The zero-order valence-corrected chi connectivity index (χ0v) is 19.0. The lowest BCUT2D eigenvalue weighted by Gasteiger charge is -2.40. The highest BCUT2D eigenvalue weighted by atomic mass is 16.2. The second kappa shape index (κ2) is 8.76. The molecule has 2 aliphatic rings. The molecule has 2 aromatic rings. The first-order valence-corrected chi connectivity index (χ1v) is 11.3. The van der Waals surface area contributed by atoms with Gasteiger partial charge in [0.2, 0.25) is 5.91 Å². The molecule has 0 spiro atoms. The van der Waals surface area contributed by atoms with E-state index in [1.807, 2.05) is 31.2 Å². The molecule has 170 valence electrons. The van der Waals surface area contributed by atoms with Crippen LogP contribution < -0.4 is 10.6 Å². The largest absolute Gasteiger partial charge is 0.350 e. The molecule has 0 unspecified atom stereocenters. The van der Waals surface area contributed by atoms with E-state index in [9.17, 15) is 14.4 Å². The van der Waals surface area contributed by atoms with Crippen molar-refractivity contribution in [1.82, 2.24) is 25.3 Å². The van der Waals surface area contributed by atoms with Gasteiger partial charge in [0.15, 0.2) is 5.69 Å². The minimum absolute atomic E-state index is 0.158. The first-order chi connectivity index (χ1) is 15.3. The molecule has 1 aliphatic carbocycles. The summed E-state index contributed by atoms with van der Waals surface area (Å²) >= 11 is 0. The molecule has 3 amide bonds. The molecule has 1 aromatic heterocycles. The number of benzene rings is 1. The molecule has 4 rings (SSSR count). The number of hydrogen-bond donors (Lipinski definition) is 2. The van der Waals surface area contributed by atoms with E-state index in [0.717, 1.165) is 36.8 Å². The van der Waals surface area contributed by atoms with Gasteiger partial charge in [0, 0.05) is 25.7 Å². The number of carbonyl (C=O) groups is 3. The minimum Gasteiger partial charge on any atom is -0.350 e. The van der Waals surface area contributed by atoms with Crippen LogP contribution in [0.5, 0.6) is 0 Å². The number of fused-ring (bicyclic) bond motifs is 1. The Morgan fingerprint density at radius 1 is 1.16 bits per heavy atom. The van der Waals surface area contributed by atoms with Gasteiger partial charge in [-0.15, -0.1) is 0 Å². The third-order valence-electron chi connectivity index (χ3n) is 6.74. The summed E-state index contributed by atoms with van der Waals surface area (Å²) in [6, 6.07) is 9.62. The van der Waals surface area contributed by atoms with Crippen LogP contribution in [0, 0.1) is 6.92 Å². The fraction of sp³-hybridized carbons (Fsp3) is 0.500. The number of nitrogens with zero attached hydrogens (tertiary/aromatic N) is 3. The highest BCUT2D eigenvalue weighted by molar-refractivity contribution is 6.01. The van der Waals surface area contributed by atoms with Crippen molar-refractivity contribution in [2.24, 2.45) is 0 Å². The maximum absolute atomic E-state index is 13.1. The van der Waals surface area contributed by atoms with Gasteiger partial charge in [-0.1, -0.05) is 49.1 Å². The van der Waals surface area contributed by atoms with Crippen molar-refractivity contribution in [2.45, 2.75) is 70.6 Å². The van der Waals surface area contributed by atoms with Gasteiger partial charge in [-0.3, -0.25) is 19.1 Å². The average molecular weight is 438 g/mol.